The van der Waals surface area contributed by atoms with Gasteiger partial charge in [-0.2, -0.15) is 0 Å². The fourth-order valence-corrected chi connectivity index (χ4v) is 1.87. The standard InChI is InChI=1S/C10H13ClN2O2/c11-9-2-1-3-12-10(9)13-4-5-15-8(6-13)7-14/h1-3,8,14H,4-7H2. The first-order valence-electron chi connectivity index (χ1n) is 4.89. The molecule has 2 heterocycles. The molecule has 1 aromatic rings. The zero-order chi connectivity index (χ0) is 10.7. The number of anilines is 1. The van der Waals surface area contributed by atoms with E-state index in [0.717, 1.165) is 12.4 Å². The topological polar surface area (TPSA) is 45.6 Å². The number of aromatic nitrogens is 1. The molecule has 0 bridgehead atoms. The Hall–Kier alpha value is -0.840. The maximum atomic E-state index is 9.02. The number of rotatable bonds is 2. The Labute approximate surface area is 93.4 Å². The van der Waals surface area contributed by atoms with Crippen LogP contribution in [-0.4, -0.2) is 42.5 Å². The van der Waals surface area contributed by atoms with Gasteiger partial charge in [-0.1, -0.05) is 11.6 Å². The van der Waals surface area contributed by atoms with E-state index in [9.17, 15) is 0 Å². The molecule has 0 aromatic carbocycles. The fourth-order valence-electron chi connectivity index (χ4n) is 1.63. The molecule has 5 heteroatoms. The monoisotopic (exact) mass is 228 g/mol. The van der Waals surface area contributed by atoms with Crippen molar-refractivity contribution in [3.63, 3.8) is 0 Å². The van der Waals surface area contributed by atoms with Crippen LogP contribution in [0.1, 0.15) is 0 Å². The number of aliphatic hydroxyl groups is 1. The first kappa shape index (κ1) is 10.7. The number of halogens is 1. The molecule has 0 aliphatic carbocycles. The molecule has 0 spiro atoms. The number of hydrogen-bond acceptors (Lipinski definition) is 4. The summed E-state index contributed by atoms with van der Waals surface area (Å²) in [6.45, 7) is 2.01. The van der Waals surface area contributed by atoms with Crippen LogP contribution in [0.5, 0.6) is 0 Å². The summed E-state index contributed by atoms with van der Waals surface area (Å²) < 4.78 is 5.36. The molecule has 0 radical (unpaired) electrons. The van der Waals surface area contributed by atoms with E-state index < -0.39 is 0 Å². The number of aliphatic hydroxyl groups excluding tert-OH is 1. The van der Waals surface area contributed by atoms with Gasteiger partial charge in [-0.3, -0.25) is 0 Å². The third kappa shape index (κ3) is 2.40. The Morgan fingerprint density at radius 1 is 1.67 bits per heavy atom. The van der Waals surface area contributed by atoms with Crippen molar-refractivity contribution in [2.45, 2.75) is 6.10 Å². The molecule has 0 amide bonds. The molecule has 1 fully saturated rings. The molecule has 0 saturated carbocycles. The molecule has 1 saturated heterocycles. The van der Waals surface area contributed by atoms with Crippen molar-refractivity contribution in [1.82, 2.24) is 4.98 Å². The molecule has 1 atom stereocenters. The van der Waals surface area contributed by atoms with Gasteiger partial charge in [0.2, 0.25) is 0 Å². The van der Waals surface area contributed by atoms with Gasteiger partial charge in [0.05, 0.1) is 24.3 Å². The lowest BCUT2D eigenvalue weighted by Crippen LogP contribution is -2.44. The lowest BCUT2D eigenvalue weighted by molar-refractivity contribution is 0.00337. The van der Waals surface area contributed by atoms with Crippen molar-refractivity contribution >= 4 is 17.4 Å². The summed E-state index contributed by atoms with van der Waals surface area (Å²) >= 11 is 6.04. The number of ether oxygens (including phenoxy) is 1. The van der Waals surface area contributed by atoms with Gasteiger partial charge in [-0.25, -0.2) is 4.98 Å². The summed E-state index contributed by atoms with van der Waals surface area (Å²) in [4.78, 5) is 6.26. The van der Waals surface area contributed by atoms with Crippen molar-refractivity contribution in [1.29, 1.82) is 0 Å². The van der Waals surface area contributed by atoms with E-state index in [2.05, 4.69) is 4.98 Å². The van der Waals surface area contributed by atoms with Crippen LogP contribution in [0.25, 0.3) is 0 Å². The Bertz CT molecular complexity index is 335. The Morgan fingerprint density at radius 3 is 3.27 bits per heavy atom. The van der Waals surface area contributed by atoms with Gasteiger partial charge in [0.15, 0.2) is 0 Å². The molecule has 2 rings (SSSR count). The summed E-state index contributed by atoms with van der Waals surface area (Å²) in [7, 11) is 0. The van der Waals surface area contributed by atoms with Crippen LogP contribution >= 0.6 is 11.6 Å². The van der Waals surface area contributed by atoms with E-state index in [1.165, 1.54) is 0 Å². The average molecular weight is 229 g/mol. The second kappa shape index (κ2) is 4.79. The lowest BCUT2D eigenvalue weighted by Gasteiger charge is -2.33. The van der Waals surface area contributed by atoms with Gasteiger partial charge >= 0.3 is 0 Å². The van der Waals surface area contributed by atoms with Crippen LogP contribution in [0.2, 0.25) is 5.02 Å². The minimum atomic E-state index is -0.142. The molecule has 1 unspecified atom stereocenters. The maximum absolute atomic E-state index is 9.02. The van der Waals surface area contributed by atoms with E-state index >= 15 is 0 Å². The van der Waals surface area contributed by atoms with Crippen molar-refractivity contribution in [3.05, 3.63) is 23.4 Å². The van der Waals surface area contributed by atoms with E-state index in [4.69, 9.17) is 21.4 Å². The van der Waals surface area contributed by atoms with Crippen LogP contribution in [-0.2, 0) is 4.74 Å². The highest BCUT2D eigenvalue weighted by Gasteiger charge is 2.21. The minimum Gasteiger partial charge on any atom is -0.394 e. The van der Waals surface area contributed by atoms with Gasteiger partial charge in [0.25, 0.3) is 0 Å². The fraction of sp³-hybridized carbons (Fsp3) is 0.500. The van der Waals surface area contributed by atoms with Gasteiger partial charge in [0.1, 0.15) is 5.82 Å². The Kier molecular flexibility index (Phi) is 3.41. The second-order valence-electron chi connectivity index (χ2n) is 3.43. The predicted octanol–water partition coefficient (Wildman–Crippen LogP) is 0.932. The molecular weight excluding hydrogens is 216 g/mol. The molecular formula is C10H13ClN2O2. The SMILES string of the molecule is OCC1CN(c2ncccc2Cl)CCO1. The van der Waals surface area contributed by atoms with E-state index in [0.29, 0.717) is 18.2 Å². The Balaban J connectivity index is 2.13. The molecule has 4 nitrogen and oxygen atoms in total. The quantitative estimate of drug-likeness (QED) is 0.818. The number of nitrogens with zero attached hydrogens (tertiary/aromatic N) is 2. The van der Waals surface area contributed by atoms with Crippen LogP contribution in [0, 0.1) is 0 Å². The summed E-state index contributed by atoms with van der Waals surface area (Å²) in [5.41, 5.74) is 0. The normalized spacial score (nSPS) is 21.7. The van der Waals surface area contributed by atoms with Gasteiger partial charge < -0.3 is 14.7 Å². The summed E-state index contributed by atoms with van der Waals surface area (Å²) in [6.07, 6.45) is 1.57. The first-order valence-corrected chi connectivity index (χ1v) is 5.27. The predicted molar refractivity (Wildman–Crippen MR) is 58.3 cm³/mol. The van der Waals surface area contributed by atoms with Crippen LogP contribution in [0.3, 0.4) is 0 Å². The lowest BCUT2D eigenvalue weighted by atomic mass is 10.3. The summed E-state index contributed by atoms with van der Waals surface area (Å²) in [5, 5.41) is 9.66. The van der Waals surface area contributed by atoms with Crippen LogP contribution in [0.15, 0.2) is 18.3 Å². The molecule has 1 aliphatic rings. The highest BCUT2D eigenvalue weighted by atomic mass is 35.5. The van der Waals surface area contributed by atoms with Gasteiger partial charge in [-0.15, -0.1) is 0 Å². The van der Waals surface area contributed by atoms with E-state index in [1.54, 1.807) is 12.3 Å². The zero-order valence-electron chi connectivity index (χ0n) is 8.27. The van der Waals surface area contributed by atoms with Crippen molar-refractivity contribution < 1.29 is 9.84 Å². The highest BCUT2D eigenvalue weighted by Crippen LogP contribution is 2.23. The number of hydrogen-bond donors (Lipinski definition) is 1. The van der Waals surface area contributed by atoms with Crippen molar-refractivity contribution in [2.24, 2.45) is 0 Å². The molecule has 82 valence electrons. The number of pyridine rings is 1. The van der Waals surface area contributed by atoms with Crippen LogP contribution < -0.4 is 4.90 Å². The molecule has 1 aromatic heterocycles. The zero-order valence-corrected chi connectivity index (χ0v) is 9.02. The van der Waals surface area contributed by atoms with Crippen molar-refractivity contribution in [2.75, 3.05) is 31.2 Å². The smallest absolute Gasteiger partial charge is 0.147 e. The molecule has 1 N–H and O–H groups in total. The highest BCUT2D eigenvalue weighted by molar-refractivity contribution is 6.32. The number of morpholine rings is 1. The molecule has 15 heavy (non-hydrogen) atoms. The Morgan fingerprint density at radius 2 is 2.53 bits per heavy atom. The van der Waals surface area contributed by atoms with Crippen LogP contribution in [0.4, 0.5) is 5.82 Å². The second-order valence-corrected chi connectivity index (χ2v) is 3.84. The maximum Gasteiger partial charge on any atom is 0.147 e. The largest absolute Gasteiger partial charge is 0.394 e. The van der Waals surface area contributed by atoms with Gasteiger partial charge in [-0.05, 0) is 12.1 Å². The van der Waals surface area contributed by atoms with Gasteiger partial charge in [0, 0.05) is 19.3 Å². The van der Waals surface area contributed by atoms with E-state index in [-0.39, 0.29) is 12.7 Å². The summed E-state index contributed by atoms with van der Waals surface area (Å²) in [6, 6.07) is 3.61. The van der Waals surface area contributed by atoms with E-state index in [1.807, 2.05) is 11.0 Å². The minimum absolute atomic E-state index is 0.0287. The molecule has 1 aliphatic heterocycles. The third-order valence-electron chi connectivity index (χ3n) is 2.38. The summed E-state index contributed by atoms with van der Waals surface area (Å²) in [5.74, 6) is 0.765. The average Bonchev–Trinajstić information content (AvgIpc) is 2.30. The third-order valence-corrected chi connectivity index (χ3v) is 2.68. The van der Waals surface area contributed by atoms with Crippen molar-refractivity contribution in [3.8, 4) is 0 Å². The first-order chi connectivity index (χ1) is 7.31.